The molecule has 0 fully saturated rings. The Hall–Kier alpha value is -1.94. The maximum atomic E-state index is 14.2. The first-order valence-electron chi connectivity index (χ1n) is 7.28. The van der Waals surface area contributed by atoms with Crippen molar-refractivity contribution in [3.8, 4) is 0 Å². The van der Waals surface area contributed by atoms with Crippen LogP contribution >= 0.6 is 0 Å². The van der Waals surface area contributed by atoms with Crippen LogP contribution in [-0.2, 0) is 13.0 Å². The highest BCUT2D eigenvalue weighted by Gasteiger charge is 2.15. The van der Waals surface area contributed by atoms with Gasteiger partial charge in [0.1, 0.15) is 5.82 Å². The number of aromatic nitrogens is 1. The van der Waals surface area contributed by atoms with Gasteiger partial charge in [-0.1, -0.05) is 6.07 Å². The summed E-state index contributed by atoms with van der Waals surface area (Å²) in [5, 5.41) is 0. The predicted molar refractivity (Wildman–Crippen MR) is 84.7 cm³/mol. The van der Waals surface area contributed by atoms with Crippen LogP contribution in [0.2, 0.25) is 0 Å². The average Bonchev–Trinajstić information content (AvgIpc) is 2.48. The first-order valence-corrected chi connectivity index (χ1v) is 7.28. The Bertz CT molecular complexity index is 570. The quantitative estimate of drug-likeness (QED) is 0.887. The summed E-state index contributed by atoms with van der Waals surface area (Å²) < 4.78 is 14.2. The van der Waals surface area contributed by atoms with Gasteiger partial charge in [0.2, 0.25) is 0 Å². The van der Waals surface area contributed by atoms with Gasteiger partial charge in [0.25, 0.3) is 0 Å². The second-order valence-electron chi connectivity index (χ2n) is 5.29. The van der Waals surface area contributed by atoms with Gasteiger partial charge < -0.3 is 10.6 Å². The molecule has 1 unspecified atom stereocenters. The van der Waals surface area contributed by atoms with Crippen LogP contribution in [0.25, 0.3) is 0 Å². The molecule has 0 aliphatic carbocycles. The molecule has 3 nitrogen and oxygen atoms in total. The van der Waals surface area contributed by atoms with Crippen molar-refractivity contribution in [1.29, 1.82) is 0 Å². The van der Waals surface area contributed by atoms with Gasteiger partial charge in [0, 0.05) is 42.8 Å². The summed E-state index contributed by atoms with van der Waals surface area (Å²) in [4.78, 5) is 6.19. The summed E-state index contributed by atoms with van der Waals surface area (Å²) in [5.41, 5.74) is 8.64. The van der Waals surface area contributed by atoms with Crippen LogP contribution in [0, 0.1) is 5.82 Å². The molecular formula is C17H22FN3. The van der Waals surface area contributed by atoms with Crippen LogP contribution in [0.4, 0.5) is 10.1 Å². The lowest BCUT2D eigenvalue weighted by Gasteiger charge is -2.26. The van der Waals surface area contributed by atoms with E-state index in [0.29, 0.717) is 12.0 Å². The fourth-order valence-corrected chi connectivity index (χ4v) is 2.44. The van der Waals surface area contributed by atoms with Crippen molar-refractivity contribution >= 4 is 5.69 Å². The number of nitrogens with two attached hydrogens (primary N) is 1. The highest BCUT2D eigenvalue weighted by molar-refractivity contribution is 5.55. The fourth-order valence-electron chi connectivity index (χ4n) is 2.44. The summed E-state index contributed by atoms with van der Waals surface area (Å²) in [6.45, 7) is 5.50. The van der Waals surface area contributed by atoms with Crippen molar-refractivity contribution in [1.82, 2.24) is 4.98 Å². The summed E-state index contributed by atoms with van der Waals surface area (Å²) in [6.07, 6.45) is 4.09. The van der Waals surface area contributed by atoms with E-state index in [9.17, 15) is 4.39 Å². The Labute approximate surface area is 125 Å². The summed E-state index contributed by atoms with van der Waals surface area (Å²) in [6, 6.07) is 9.11. The molecule has 4 heteroatoms. The fraction of sp³-hybridized carbons (Fsp3) is 0.353. The summed E-state index contributed by atoms with van der Waals surface area (Å²) in [5.74, 6) is -0.182. The highest BCUT2D eigenvalue weighted by Crippen LogP contribution is 2.26. The third kappa shape index (κ3) is 4.02. The molecule has 21 heavy (non-hydrogen) atoms. The third-order valence-electron chi connectivity index (χ3n) is 3.47. The van der Waals surface area contributed by atoms with E-state index in [-0.39, 0.29) is 11.9 Å². The first kappa shape index (κ1) is 15.4. The first-order chi connectivity index (χ1) is 10.1. The third-order valence-corrected chi connectivity index (χ3v) is 3.47. The minimum absolute atomic E-state index is 0.0692. The standard InChI is InChI=1S/C17H22FN3/c1-3-21(12-14-7-9-20-10-8-14)17-6-4-5-16(18)15(17)11-13(2)19/h4-10,13H,3,11-12,19H2,1-2H3. The number of pyridine rings is 1. The molecule has 0 saturated heterocycles. The number of benzene rings is 1. The van der Waals surface area contributed by atoms with Crippen LogP contribution in [-0.4, -0.2) is 17.6 Å². The Kier molecular flexibility index (Phi) is 5.28. The van der Waals surface area contributed by atoms with Crippen molar-refractivity contribution in [2.45, 2.75) is 32.9 Å². The van der Waals surface area contributed by atoms with Crippen LogP contribution < -0.4 is 10.6 Å². The van der Waals surface area contributed by atoms with Crippen molar-refractivity contribution in [3.63, 3.8) is 0 Å². The number of nitrogens with zero attached hydrogens (tertiary/aromatic N) is 2. The lowest BCUT2D eigenvalue weighted by atomic mass is 10.0. The topological polar surface area (TPSA) is 42.2 Å². The highest BCUT2D eigenvalue weighted by atomic mass is 19.1. The zero-order valence-electron chi connectivity index (χ0n) is 12.6. The molecule has 0 radical (unpaired) electrons. The molecule has 112 valence electrons. The number of halogens is 1. The molecule has 1 heterocycles. The van der Waals surface area contributed by atoms with Crippen molar-refractivity contribution in [2.24, 2.45) is 5.73 Å². The van der Waals surface area contributed by atoms with E-state index in [1.165, 1.54) is 6.07 Å². The van der Waals surface area contributed by atoms with Gasteiger partial charge in [-0.3, -0.25) is 4.98 Å². The van der Waals surface area contributed by atoms with Crippen LogP contribution in [0.3, 0.4) is 0 Å². The molecule has 0 aliphatic rings. The minimum atomic E-state index is -0.182. The van der Waals surface area contributed by atoms with E-state index in [0.717, 1.165) is 24.3 Å². The van der Waals surface area contributed by atoms with Gasteiger partial charge in [-0.25, -0.2) is 4.39 Å². The van der Waals surface area contributed by atoms with E-state index in [2.05, 4.69) is 16.8 Å². The van der Waals surface area contributed by atoms with Gasteiger partial charge >= 0.3 is 0 Å². The van der Waals surface area contributed by atoms with Crippen LogP contribution in [0.1, 0.15) is 25.0 Å². The lowest BCUT2D eigenvalue weighted by molar-refractivity contribution is 0.594. The van der Waals surface area contributed by atoms with Crippen molar-refractivity contribution < 1.29 is 4.39 Å². The van der Waals surface area contributed by atoms with Crippen LogP contribution in [0.15, 0.2) is 42.7 Å². The average molecular weight is 287 g/mol. The molecule has 0 saturated carbocycles. The monoisotopic (exact) mass is 287 g/mol. The van der Waals surface area contributed by atoms with E-state index >= 15 is 0 Å². The minimum Gasteiger partial charge on any atom is -0.367 e. The summed E-state index contributed by atoms with van der Waals surface area (Å²) in [7, 11) is 0. The molecule has 0 bridgehead atoms. The van der Waals surface area contributed by atoms with Crippen molar-refractivity contribution in [2.75, 3.05) is 11.4 Å². The Morgan fingerprint density at radius 2 is 1.95 bits per heavy atom. The van der Waals surface area contributed by atoms with Gasteiger partial charge in [-0.2, -0.15) is 0 Å². The summed E-state index contributed by atoms with van der Waals surface area (Å²) >= 11 is 0. The molecular weight excluding hydrogens is 265 g/mol. The van der Waals surface area contributed by atoms with Gasteiger partial charge in [0.15, 0.2) is 0 Å². The van der Waals surface area contributed by atoms with Gasteiger partial charge in [0.05, 0.1) is 0 Å². The maximum absolute atomic E-state index is 14.2. The number of hydrogen-bond acceptors (Lipinski definition) is 3. The second kappa shape index (κ2) is 7.18. The molecule has 0 aliphatic heterocycles. The second-order valence-corrected chi connectivity index (χ2v) is 5.29. The Balaban J connectivity index is 2.31. The van der Waals surface area contributed by atoms with Crippen LogP contribution in [0.5, 0.6) is 0 Å². The van der Waals surface area contributed by atoms with E-state index in [1.807, 2.05) is 25.1 Å². The predicted octanol–water partition coefficient (Wildman–Crippen LogP) is 3.14. The number of hydrogen-bond donors (Lipinski definition) is 1. The zero-order valence-corrected chi connectivity index (χ0v) is 12.6. The Morgan fingerprint density at radius 3 is 2.57 bits per heavy atom. The Morgan fingerprint density at radius 1 is 1.24 bits per heavy atom. The van der Waals surface area contributed by atoms with E-state index in [1.54, 1.807) is 18.5 Å². The molecule has 2 rings (SSSR count). The normalized spacial score (nSPS) is 12.2. The molecule has 1 aromatic heterocycles. The molecule has 0 amide bonds. The lowest BCUT2D eigenvalue weighted by Crippen LogP contribution is -2.26. The van der Waals surface area contributed by atoms with Gasteiger partial charge in [-0.05, 0) is 50.1 Å². The van der Waals surface area contributed by atoms with E-state index in [4.69, 9.17) is 5.73 Å². The molecule has 1 aromatic carbocycles. The van der Waals surface area contributed by atoms with Gasteiger partial charge in [-0.15, -0.1) is 0 Å². The number of anilines is 1. The largest absolute Gasteiger partial charge is 0.367 e. The van der Waals surface area contributed by atoms with E-state index < -0.39 is 0 Å². The molecule has 2 N–H and O–H groups in total. The SMILES string of the molecule is CCN(Cc1ccncc1)c1cccc(F)c1CC(C)N. The molecule has 2 aromatic rings. The zero-order chi connectivity index (χ0) is 15.2. The smallest absolute Gasteiger partial charge is 0.128 e. The maximum Gasteiger partial charge on any atom is 0.128 e. The molecule has 0 spiro atoms. The molecule has 1 atom stereocenters. The number of rotatable bonds is 6. The van der Waals surface area contributed by atoms with Crippen molar-refractivity contribution in [3.05, 3.63) is 59.7 Å².